The maximum Gasteiger partial charge on any atom is 0.326 e. The standard InChI is InChI=1S/C68H101N17O21S2/c1-5-35(4)54(66(104)84-24-8-11-48(84)61(99)76-43(67(105)106)28-52(91)92)82-60(98)47(33-108)80-63(101)53(34(2)3)81-62(100)49-12-7-23-83(49)65(103)50-13-9-25-85(50)64(102)42(27-37-16-20-39(89)21-17-37)75-58(96)45(31-87)77-55(93)40(10-6-22-72-68(70)71)74-57(95)44(30-86)78-59(97)46(32-107)79-56(94)41(73-51(90)29-69)26-36-14-18-38(88)19-15-36/h14-21,34-35,40-50,53-54,86-89,107-108H,5-13,22-33,69H2,1-4H3,(H,73,90)(H,74,95)(H,75,96)(H,76,99)(H,77,93)(H,78,97)(H,79,94)(H,80,101)(H,81,100)(H,82,98)(H,91,92)(H,105,106)(H4,70,71,72)/t35-,40-,41-,42-,43-,44-,45-,46-,47-,48-,49-,50-,53-,54-/m0/s1. The van der Waals surface area contributed by atoms with Crippen LogP contribution >= 0.6 is 25.3 Å². The predicted octanol–water partition coefficient (Wildman–Crippen LogP) is -6.18. The number of phenols is 2. The number of likely N-dealkylation sites (tertiary alicyclic amines) is 3. The number of hydrogen-bond donors (Lipinski definition) is 21. The van der Waals surface area contributed by atoms with Crippen LogP contribution in [-0.4, -0.2) is 276 Å². The van der Waals surface area contributed by atoms with Gasteiger partial charge in [-0.2, -0.15) is 25.3 Å². The molecule has 3 fully saturated rings. The lowest BCUT2D eigenvalue weighted by Gasteiger charge is -2.34. The fourth-order valence-corrected chi connectivity index (χ4v) is 12.9. The fraction of sp³-hybridized carbons (Fsp3) is 0.588. The first-order chi connectivity index (χ1) is 51.2. The average Bonchev–Trinajstić information content (AvgIpc) is 1.63. The minimum absolute atomic E-state index is 0.0111. The number of nitrogens with zero attached hydrogens (tertiary/aromatic N) is 4. The smallest absolute Gasteiger partial charge is 0.326 e. The molecule has 3 saturated heterocycles. The molecule has 3 aliphatic heterocycles. The molecule has 14 atom stereocenters. The van der Waals surface area contributed by atoms with Crippen LogP contribution in [0.4, 0.5) is 0 Å². The molecule has 3 aliphatic rings. The summed E-state index contributed by atoms with van der Waals surface area (Å²) in [5.41, 5.74) is 17.4. The van der Waals surface area contributed by atoms with E-state index in [1.54, 1.807) is 27.7 Å². The zero-order chi connectivity index (χ0) is 80.2. The number of aliphatic hydroxyl groups is 2. The lowest BCUT2D eigenvalue weighted by Crippen LogP contribution is -2.62. The number of aliphatic hydroxyl groups excluding tert-OH is 2. The van der Waals surface area contributed by atoms with Crippen LogP contribution in [0.3, 0.4) is 0 Å². The molecule has 22 N–H and O–H groups in total. The quantitative estimate of drug-likeness (QED) is 0.0127. The molecule has 0 unspecified atom stereocenters. The van der Waals surface area contributed by atoms with Crippen molar-refractivity contribution in [1.82, 2.24) is 67.9 Å². The number of carboxylic acids is 2. The van der Waals surface area contributed by atoms with Gasteiger partial charge in [-0.15, -0.1) is 0 Å². The summed E-state index contributed by atoms with van der Waals surface area (Å²) in [4.78, 5) is 213. The Morgan fingerprint density at radius 1 is 0.509 bits per heavy atom. The Kier molecular flexibility index (Phi) is 35.3. The average molecular weight is 1560 g/mol. The van der Waals surface area contributed by atoms with Gasteiger partial charge in [0.25, 0.3) is 0 Å². The Labute approximate surface area is 633 Å². The SMILES string of the molecule is CC[C@H](C)[C@H](NC(=O)[C@H](CS)NC(=O)[C@@H](NC(=O)[C@@H]1CCCN1C(=O)[C@@H]1CCCN1C(=O)[C@H](Cc1ccc(O)cc1)NC(=O)[C@H](CO)NC(=O)[C@H](CCCN=C(N)N)NC(=O)[C@H](CO)NC(=O)[C@H](CS)NC(=O)[C@H](Cc1ccc(O)cc1)NC(=O)CN)C(C)C)C(=O)N1CCC[C@H]1C(=O)N[C@@H](CC(=O)O)C(=O)O. The Balaban J connectivity index is 1.29. The summed E-state index contributed by atoms with van der Waals surface area (Å²) >= 11 is 8.49. The highest BCUT2D eigenvalue weighted by atomic mass is 32.1. The molecular weight excluding hydrogens is 1450 g/mol. The van der Waals surface area contributed by atoms with Crippen LogP contribution in [0.15, 0.2) is 53.5 Å². The van der Waals surface area contributed by atoms with Crippen LogP contribution in [0, 0.1) is 11.8 Å². The van der Waals surface area contributed by atoms with Gasteiger partial charge in [-0.25, -0.2) is 4.79 Å². The van der Waals surface area contributed by atoms with E-state index in [4.69, 9.17) is 17.2 Å². The third-order valence-electron chi connectivity index (χ3n) is 18.6. The fourth-order valence-electron chi connectivity index (χ4n) is 12.4. The number of nitrogens with one attached hydrogen (secondary N) is 10. The number of aliphatic carboxylic acids is 2. The molecule has 0 aromatic heterocycles. The molecule has 0 spiro atoms. The van der Waals surface area contributed by atoms with E-state index in [0.29, 0.717) is 30.4 Å². The third kappa shape index (κ3) is 25.8. The van der Waals surface area contributed by atoms with Crippen LogP contribution in [0.2, 0.25) is 0 Å². The molecule has 596 valence electrons. The van der Waals surface area contributed by atoms with Crippen molar-refractivity contribution in [3.8, 4) is 11.5 Å². The molecule has 5 rings (SSSR count). The maximum absolute atomic E-state index is 15.0. The third-order valence-corrected chi connectivity index (χ3v) is 19.3. The normalized spacial score (nSPS) is 18.5. The topological polar surface area (TPSA) is 598 Å². The number of rotatable bonds is 41. The van der Waals surface area contributed by atoms with Crippen LogP contribution in [-0.2, 0) is 84.8 Å². The number of phenolic OH excluding ortho intramolecular Hbond substituents is 2. The Morgan fingerprint density at radius 2 is 0.935 bits per heavy atom. The summed E-state index contributed by atoms with van der Waals surface area (Å²) in [6.45, 7) is 3.94. The van der Waals surface area contributed by atoms with Crippen molar-refractivity contribution in [3.63, 3.8) is 0 Å². The monoisotopic (exact) mass is 1560 g/mol. The number of amides is 13. The highest BCUT2D eigenvalue weighted by Gasteiger charge is 2.46. The first-order valence-corrected chi connectivity index (χ1v) is 36.6. The van der Waals surface area contributed by atoms with E-state index < -0.39 is 205 Å². The van der Waals surface area contributed by atoms with Crippen molar-refractivity contribution in [1.29, 1.82) is 0 Å². The summed E-state index contributed by atoms with van der Waals surface area (Å²) in [5.74, 6) is -17.0. The molecule has 2 aromatic carbocycles. The second-order valence-electron chi connectivity index (χ2n) is 26.8. The van der Waals surface area contributed by atoms with Crippen molar-refractivity contribution < 1.29 is 103 Å². The van der Waals surface area contributed by atoms with E-state index >= 15 is 4.79 Å². The van der Waals surface area contributed by atoms with Crippen molar-refractivity contribution in [2.75, 3.05) is 57.4 Å². The van der Waals surface area contributed by atoms with Gasteiger partial charge in [-0.1, -0.05) is 58.4 Å². The number of carbonyl (C=O) groups is 15. The van der Waals surface area contributed by atoms with Gasteiger partial charge in [0.1, 0.15) is 90.0 Å². The summed E-state index contributed by atoms with van der Waals surface area (Å²) in [5, 5.41) is 84.4. The molecule has 38 nitrogen and oxygen atoms in total. The van der Waals surface area contributed by atoms with Crippen LogP contribution in [0.5, 0.6) is 11.5 Å². The first kappa shape index (κ1) is 88.6. The molecule has 40 heteroatoms. The number of carbonyl (C=O) groups excluding carboxylic acids is 13. The van der Waals surface area contributed by atoms with Gasteiger partial charge in [0, 0.05) is 50.5 Å². The Morgan fingerprint density at radius 3 is 1.42 bits per heavy atom. The van der Waals surface area contributed by atoms with E-state index in [1.807, 2.05) is 0 Å². The molecule has 3 heterocycles. The van der Waals surface area contributed by atoms with Crippen molar-refractivity contribution >= 4 is 120 Å². The summed E-state index contributed by atoms with van der Waals surface area (Å²) < 4.78 is 0. The van der Waals surface area contributed by atoms with E-state index in [-0.39, 0.29) is 107 Å². The molecule has 0 bridgehead atoms. The van der Waals surface area contributed by atoms with Gasteiger partial charge in [-0.3, -0.25) is 72.1 Å². The number of guanidine groups is 1. The lowest BCUT2D eigenvalue weighted by atomic mass is 9.96. The van der Waals surface area contributed by atoms with E-state index in [0.717, 1.165) is 0 Å². The molecular formula is C68H101N17O21S2. The van der Waals surface area contributed by atoms with Gasteiger partial charge in [0.05, 0.1) is 26.2 Å². The number of nitrogens with two attached hydrogens (primary N) is 3. The number of thiol groups is 2. The highest BCUT2D eigenvalue weighted by Crippen LogP contribution is 2.28. The molecule has 108 heavy (non-hydrogen) atoms. The number of hydrogen-bond acceptors (Lipinski definition) is 23. The second kappa shape index (κ2) is 43.1. The lowest BCUT2D eigenvalue weighted by molar-refractivity contribution is -0.148. The maximum atomic E-state index is 15.0. The molecule has 0 radical (unpaired) electrons. The molecule has 2 aromatic rings. The molecule has 0 aliphatic carbocycles. The van der Waals surface area contributed by atoms with Gasteiger partial charge in [0.2, 0.25) is 76.8 Å². The van der Waals surface area contributed by atoms with Gasteiger partial charge >= 0.3 is 11.9 Å². The second-order valence-corrected chi connectivity index (χ2v) is 27.5. The zero-order valence-electron chi connectivity index (χ0n) is 60.4. The Bertz CT molecular complexity index is 3560. The zero-order valence-corrected chi connectivity index (χ0v) is 62.1. The van der Waals surface area contributed by atoms with Gasteiger partial charge in [-0.05, 0) is 98.6 Å². The highest BCUT2D eigenvalue weighted by molar-refractivity contribution is 7.80. The molecule has 0 saturated carbocycles. The van der Waals surface area contributed by atoms with E-state index in [9.17, 15) is 97.8 Å². The number of aromatic hydroxyl groups is 2. The number of carboxylic acid groups (broad SMARTS) is 2. The van der Waals surface area contributed by atoms with Crippen molar-refractivity contribution in [2.24, 2.45) is 34.0 Å². The summed E-state index contributed by atoms with van der Waals surface area (Å²) in [7, 11) is 0. The van der Waals surface area contributed by atoms with E-state index in [2.05, 4.69) is 83.4 Å². The number of benzene rings is 2. The summed E-state index contributed by atoms with van der Waals surface area (Å²) in [6, 6.07) is -7.78. The summed E-state index contributed by atoms with van der Waals surface area (Å²) in [6.07, 6.45) is -0.0283. The first-order valence-electron chi connectivity index (χ1n) is 35.3. The van der Waals surface area contributed by atoms with Gasteiger partial charge < -0.3 is 116 Å². The van der Waals surface area contributed by atoms with Gasteiger partial charge in [0.15, 0.2) is 5.96 Å². The van der Waals surface area contributed by atoms with Crippen molar-refractivity contribution in [2.45, 2.75) is 183 Å². The minimum atomic E-state index is -1.86. The van der Waals surface area contributed by atoms with E-state index in [1.165, 1.54) is 63.2 Å². The largest absolute Gasteiger partial charge is 0.508 e. The predicted molar refractivity (Wildman–Crippen MR) is 392 cm³/mol. The minimum Gasteiger partial charge on any atom is -0.508 e. The van der Waals surface area contributed by atoms with Crippen LogP contribution in [0.1, 0.15) is 103 Å². The van der Waals surface area contributed by atoms with Crippen molar-refractivity contribution in [3.05, 3.63) is 59.7 Å². The Hall–Kier alpha value is -10.1. The molecule has 13 amide bonds. The van der Waals surface area contributed by atoms with Crippen LogP contribution in [0.25, 0.3) is 0 Å². The van der Waals surface area contributed by atoms with Crippen LogP contribution < -0.4 is 70.4 Å². The number of aliphatic imine (C=N–C) groups is 1.